The Morgan fingerprint density at radius 2 is 2.42 bits per heavy atom. The number of hydrogen-bond acceptors (Lipinski definition) is 2. The van der Waals surface area contributed by atoms with E-state index in [4.69, 9.17) is 11.6 Å². The molecule has 3 aliphatic heterocycles. The van der Waals surface area contributed by atoms with Gasteiger partial charge in [-0.3, -0.25) is 4.90 Å². The van der Waals surface area contributed by atoms with E-state index in [1.165, 1.54) is 12.8 Å². The molecule has 3 saturated heterocycles. The van der Waals surface area contributed by atoms with Gasteiger partial charge < -0.3 is 5.32 Å². The molecule has 3 rings (SSSR count). The molecule has 3 fully saturated rings. The number of piperazine rings is 1. The van der Waals surface area contributed by atoms with Crippen molar-refractivity contribution in [2.45, 2.75) is 24.9 Å². The predicted octanol–water partition coefficient (Wildman–Crippen LogP) is 1.18. The lowest BCUT2D eigenvalue weighted by Gasteiger charge is -2.45. The fourth-order valence-electron chi connectivity index (χ4n) is 2.21. The maximum Gasteiger partial charge on any atom is 0.0339 e. The van der Waals surface area contributed by atoms with Crippen molar-refractivity contribution in [3.8, 4) is 0 Å². The van der Waals surface area contributed by atoms with Crippen LogP contribution in [0.4, 0.5) is 0 Å². The second kappa shape index (κ2) is 3.36. The highest BCUT2D eigenvalue weighted by Crippen LogP contribution is 2.23. The molecule has 3 aliphatic rings. The molecule has 0 aromatic heterocycles. The Bertz CT molecular complexity index is 185. The third-order valence-electron chi connectivity index (χ3n) is 2.84. The zero-order valence-electron chi connectivity index (χ0n) is 7.22. The van der Waals surface area contributed by atoms with Gasteiger partial charge in [0.2, 0.25) is 0 Å². The van der Waals surface area contributed by atoms with Crippen LogP contribution in [0.5, 0.6) is 0 Å². The van der Waals surface area contributed by atoms with E-state index in [1.807, 2.05) is 0 Å². The summed E-state index contributed by atoms with van der Waals surface area (Å²) >= 11 is 5.79. The highest BCUT2D eigenvalue weighted by molar-refractivity contribution is 6.29. The molecule has 12 heavy (non-hydrogen) atoms. The second-order valence-corrected chi connectivity index (χ2v) is 4.32. The van der Waals surface area contributed by atoms with Gasteiger partial charge in [0.25, 0.3) is 0 Å². The van der Waals surface area contributed by atoms with E-state index in [9.17, 15) is 0 Å². The number of nitrogens with one attached hydrogen (secondary N) is 1. The van der Waals surface area contributed by atoms with E-state index in [0.29, 0.717) is 12.1 Å². The normalized spacial score (nSPS) is 35.4. The van der Waals surface area contributed by atoms with Crippen LogP contribution < -0.4 is 5.32 Å². The van der Waals surface area contributed by atoms with Crippen molar-refractivity contribution in [3.05, 3.63) is 11.6 Å². The van der Waals surface area contributed by atoms with Gasteiger partial charge >= 0.3 is 0 Å². The topological polar surface area (TPSA) is 15.3 Å². The molecular weight excluding hydrogens is 172 g/mol. The maximum atomic E-state index is 5.79. The lowest BCUT2D eigenvalue weighted by Crippen LogP contribution is -2.60. The van der Waals surface area contributed by atoms with Crippen LogP contribution in [0, 0.1) is 0 Å². The van der Waals surface area contributed by atoms with Crippen molar-refractivity contribution >= 4 is 11.6 Å². The van der Waals surface area contributed by atoms with E-state index < -0.39 is 0 Å². The summed E-state index contributed by atoms with van der Waals surface area (Å²) in [7, 11) is 0. The molecule has 0 aromatic carbocycles. The zero-order valence-corrected chi connectivity index (χ0v) is 7.98. The van der Waals surface area contributed by atoms with E-state index in [1.54, 1.807) is 0 Å². The van der Waals surface area contributed by atoms with Crippen LogP contribution in [0.3, 0.4) is 0 Å². The molecule has 0 saturated carbocycles. The van der Waals surface area contributed by atoms with Gasteiger partial charge in [-0.2, -0.15) is 0 Å². The minimum absolute atomic E-state index is 0.700. The SMILES string of the molecule is C=C(Cl)CN1CC2CCC1CN2. The highest BCUT2D eigenvalue weighted by Gasteiger charge is 2.32. The largest absolute Gasteiger partial charge is 0.311 e. The summed E-state index contributed by atoms with van der Waals surface area (Å²) < 4.78 is 0. The van der Waals surface area contributed by atoms with Crippen molar-refractivity contribution in [1.82, 2.24) is 10.2 Å². The van der Waals surface area contributed by atoms with Crippen LogP contribution in [-0.4, -0.2) is 36.6 Å². The Morgan fingerprint density at radius 3 is 2.83 bits per heavy atom. The first-order valence-corrected chi connectivity index (χ1v) is 4.94. The minimum atomic E-state index is 0.700. The summed E-state index contributed by atoms with van der Waals surface area (Å²) in [5, 5.41) is 4.27. The molecule has 2 bridgehead atoms. The predicted molar refractivity (Wildman–Crippen MR) is 51.4 cm³/mol. The maximum absolute atomic E-state index is 5.79. The molecule has 3 heterocycles. The molecule has 0 radical (unpaired) electrons. The average molecular weight is 187 g/mol. The van der Waals surface area contributed by atoms with Crippen molar-refractivity contribution in [2.24, 2.45) is 0 Å². The van der Waals surface area contributed by atoms with Gasteiger partial charge in [0.15, 0.2) is 0 Å². The summed E-state index contributed by atoms with van der Waals surface area (Å²) in [6.07, 6.45) is 2.65. The molecule has 0 spiro atoms. The van der Waals surface area contributed by atoms with Gasteiger partial charge in [0.1, 0.15) is 0 Å². The summed E-state index contributed by atoms with van der Waals surface area (Å²) in [5.41, 5.74) is 0. The van der Waals surface area contributed by atoms with Gasteiger partial charge in [-0.15, -0.1) is 0 Å². The average Bonchev–Trinajstić information content (AvgIpc) is 2.05. The van der Waals surface area contributed by atoms with Gasteiger partial charge in [0.05, 0.1) is 0 Å². The Kier molecular flexibility index (Phi) is 2.40. The van der Waals surface area contributed by atoms with E-state index >= 15 is 0 Å². The summed E-state index contributed by atoms with van der Waals surface area (Å²) in [4.78, 5) is 2.44. The molecule has 2 unspecified atom stereocenters. The number of nitrogens with zero attached hydrogens (tertiary/aromatic N) is 1. The first kappa shape index (κ1) is 8.54. The molecule has 0 aliphatic carbocycles. The van der Waals surface area contributed by atoms with Crippen molar-refractivity contribution in [3.63, 3.8) is 0 Å². The number of hydrogen-bond donors (Lipinski definition) is 1. The molecule has 68 valence electrons. The lowest BCUT2D eigenvalue weighted by molar-refractivity contribution is 0.0859. The van der Waals surface area contributed by atoms with Crippen molar-refractivity contribution < 1.29 is 0 Å². The van der Waals surface area contributed by atoms with Crippen LogP contribution in [0.15, 0.2) is 11.6 Å². The van der Waals surface area contributed by atoms with E-state index in [-0.39, 0.29) is 0 Å². The van der Waals surface area contributed by atoms with Crippen LogP contribution in [-0.2, 0) is 0 Å². The fraction of sp³-hybridized carbons (Fsp3) is 0.778. The molecule has 2 atom stereocenters. The third-order valence-corrected chi connectivity index (χ3v) is 2.96. The van der Waals surface area contributed by atoms with Gasteiger partial charge in [0, 0.05) is 36.8 Å². The molecule has 1 N–H and O–H groups in total. The van der Waals surface area contributed by atoms with Gasteiger partial charge in [-0.05, 0) is 12.8 Å². The van der Waals surface area contributed by atoms with E-state index in [2.05, 4.69) is 16.8 Å². The lowest BCUT2D eigenvalue weighted by atomic mass is 9.93. The van der Waals surface area contributed by atoms with Crippen LogP contribution in [0.25, 0.3) is 0 Å². The minimum Gasteiger partial charge on any atom is -0.311 e. The van der Waals surface area contributed by atoms with Crippen LogP contribution in [0.2, 0.25) is 0 Å². The number of rotatable bonds is 2. The van der Waals surface area contributed by atoms with Crippen molar-refractivity contribution in [2.75, 3.05) is 19.6 Å². The number of piperidine rings is 2. The number of halogens is 1. The Hall–Kier alpha value is -0.0500. The first-order chi connectivity index (χ1) is 5.75. The van der Waals surface area contributed by atoms with Crippen LogP contribution in [0.1, 0.15) is 12.8 Å². The summed E-state index contributed by atoms with van der Waals surface area (Å²) in [6, 6.07) is 1.40. The first-order valence-electron chi connectivity index (χ1n) is 4.56. The molecule has 0 amide bonds. The molecule has 0 aromatic rings. The highest BCUT2D eigenvalue weighted by atomic mass is 35.5. The summed E-state index contributed by atoms with van der Waals surface area (Å²) in [5.74, 6) is 0. The molecule has 2 nitrogen and oxygen atoms in total. The van der Waals surface area contributed by atoms with Gasteiger partial charge in [-0.1, -0.05) is 18.2 Å². The quantitative estimate of drug-likeness (QED) is 0.697. The van der Waals surface area contributed by atoms with Crippen molar-refractivity contribution in [1.29, 1.82) is 0 Å². The second-order valence-electron chi connectivity index (χ2n) is 3.78. The third kappa shape index (κ3) is 1.65. The summed E-state index contributed by atoms with van der Waals surface area (Å²) in [6.45, 7) is 6.88. The molecule has 3 heteroatoms. The zero-order chi connectivity index (χ0) is 8.55. The Labute approximate surface area is 78.6 Å². The van der Waals surface area contributed by atoms with Crippen LogP contribution >= 0.6 is 11.6 Å². The Morgan fingerprint density at radius 1 is 1.58 bits per heavy atom. The number of fused-ring (bicyclic) bond motifs is 3. The Balaban J connectivity index is 1.95. The fourth-order valence-corrected chi connectivity index (χ4v) is 2.37. The van der Waals surface area contributed by atoms with Gasteiger partial charge in [-0.25, -0.2) is 0 Å². The molecular formula is C9H15ClN2. The van der Waals surface area contributed by atoms with E-state index in [0.717, 1.165) is 24.7 Å². The smallest absolute Gasteiger partial charge is 0.0339 e. The monoisotopic (exact) mass is 186 g/mol. The standard InChI is InChI=1S/C9H15ClN2/c1-7(10)5-12-6-8-2-3-9(12)4-11-8/h8-9,11H,1-6H2.